The molecule has 0 spiro atoms. The van der Waals surface area contributed by atoms with Crippen molar-refractivity contribution in [2.75, 3.05) is 6.61 Å². The largest absolute Gasteiger partial charge is 0.378 e. The van der Waals surface area contributed by atoms with E-state index in [1.165, 1.54) is 44.9 Å². The fourth-order valence-electron chi connectivity index (χ4n) is 2.45. The Morgan fingerprint density at radius 1 is 0.818 bits per heavy atom. The van der Waals surface area contributed by atoms with Crippen molar-refractivity contribution in [3.8, 4) is 0 Å². The van der Waals surface area contributed by atoms with Gasteiger partial charge in [0.25, 0.3) is 0 Å². The molecule has 0 radical (unpaired) electrons. The molecule has 64 valence electrons. The third kappa shape index (κ3) is 1.76. The van der Waals surface area contributed by atoms with Crippen LogP contribution in [0.3, 0.4) is 0 Å². The highest BCUT2D eigenvalue weighted by Gasteiger charge is 2.27. The first kappa shape index (κ1) is 7.60. The van der Waals surface area contributed by atoms with Gasteiger partial charge in [-0.1, -0.05) is 25.7 Å². The third-order valence-electron chi connectivity index (χ3n) is 3.16. The predicted molar refractivity (Wildman–Crippen MR) is 45.5 cm³/mol. The van der Waals surface area contributed by atoms with Gasteiger partial charge in [0.1, 0.15) is 0 Å². The quantitative estimate of drug-likeness (QED) is 0.521. The first-order chi connectivity index (χ1) is 5.47. The Balaban J connectivity index is 1.89. The fourth-order valence-corrected chi connectivity index (χ4v) is 2.45. The Morgan fingerprint density at radius 2 is 1.64 bits per heavy atom. The summed E-state index contributed by atoms with van der Waals surface area (Å²) in [5.41, 5.74) is 0. The lowest BCUT2D eigenvalue weighted by molar-refractivity contribution is 0.0751. The van der Waals surface area contributed by atoms with Gasteiger partial charge in [-0.2, -0.15) is 0 Å². The number of ether oxygens (including phenoxy) is 1. The van der Waals surface area contributed by atoms with Crippen LogP contribution < -0.4 is 0 Å². The van der Waals surface area contributed by atoms with Gasteiger partial charge in [0.15, 0.2) is 0 Å². The van der Waals surface area contributed by atoms with E-state index in [0.29, 0.717) is 6.10 Å². The molecule has 1 heterocycles. The minimum Gasteiger partial charge on any atom is -0.378 e. The van der Waals surface area contributed by atoms with E-state index in [0.717, 1.165) is 12.5 Å². The maximum absolute atomic E-state index is 5.69. The van der Waals surface area contributed by atoms with E-state index in [1.54, 1.807) is 0 Å². The van der Waals surface area contributed by atoms with Crippen molar-refractivity contribution in [3.63, 3.8) is 0 Å². The van der Waals surface area contributed by atoms with Gasteiger partial charge in [-0.25, -0.2) is 0 Å². The molecule has 1 aliphatic carbocycles. The maximum Gasteiger partial charge on any atom is 0.0604 e. The smallest absolute Gasteiger partial charge is 0.0604 e. The average molecular weight is 154 g/mol. The van der Waals surface area contributed by atoms with Crippen LogP contribution in [-0.2, 0) is 4.74 Å². The summed E-state index contributed by atoms with van der Waals surface area (Å²) in [7, 11) is 0. The van der Waals surface area contributed by atoms with Gasteiger partial charge in [-0.15, -0.1) is 0 Å². The van der Waals surface area contributed by atoms with Crippen molar-refractivity contribution in [3.05, 3.63) is 0 Å². The van der Waals surface area contributed by atoms with Crippen LogP contribution in [0.25, 0.3) is 0 Å². The standard InChI is InChI=1S/C10H18O/c1-2-4-6-10-9(5-3-1)7-8-11-10/h9-10H,1-8H2. The molecule has 0 amide bonds. The second kappa shape index (κ2) is 3.57. The molecule has 2 atom stereocenters. The minimum atomic E-state index is 0.648. The first-order valence-electron chi connectivity index (χ1n) is 5.08. The zero-order valence-corrected chi connectivity index (χ0v) is 7.22. The Labute approximate surface area is 69.1 Å². The minimum absolute atomic E-state index is 0.648. The number of hydrogen-bond acceptors (Lipinski definition) is 1. The van der Waals surface area contributed by atoms with Crippen molar-refractivity contribution in [1.29, 1.82) is 0 Å². The molecule has 2 rings (SSSR count). The van der Waals surface area contributed by atoms with Gasteiger partial charge in [-0.3, -0.25) is 0 Å². The fraction of sp³-hybridized carbons (Fsp3) is 1.00. The van der Waals surface area contributed by atoms with E-state index in [1.807, 2.05) is 0 Å². The summed E-state index contributed by atoms with van der Waals surface area (Å²) in [5, 5.41) is 0. The average Bonchev–Trinajstić information content (AvgIpc) is 2.35. The Kier molecular flexibility index (Phi) is 2.47. The molecule has 0 bridgehead atoms. The molecule has 2 aliphatic rings. The summed E-state index contributed by atoms with van der Waals surface area (Å²) in [6.07, 6.45) is 10.5. The monoisotopic (exact) mass is 154 g/mol. The summed E-state index contributed by atoms with van der Waals surface area (Å²) >= 11 is 0. The van der Waals surface area contributed by atoms with E-state index in [9.17, 15) is 0 Å². The molecule has 1 aliphatic heterocycles. The molecule has 1 saturated carbocycles. The van der Waals surface area contributed by atoms with Gasteiger partial charge >= 0.3 is 0 Å². The molecule has 0 aromatic heterocycles. The molecule has 2 fully saturated rings. The zero-order chi connectivity index (χ0) is 7.52. The highest BCUT2D eigenvalue weighted by Crippen LogP contribution is 2.31. The Morgan fingerprint density at radius 3 is 2.55 bits per heavy atom. The van der Waals surface area contributed by atoms with Gasteiger partial charge in [-0.05, 0) is 25.2 Å². The van der Waals surface area contributed by atoms with Crippen LogP contribution in [0.2, 0.25) is 0 Å². The van der Waals surface area contributed by atoms with E-state index in [-0.39, 0.29) is 0 Å². The van der Waals surface area contributed by atoms with E-state index >= 15 is 0 Å². The third-order valence-corrected chi connectivity index (χ3v) is 3.16. The molecule has 2 unspecified atom stereocenters. The molecule has 0 N–H and O–H groups in total. The predicted octanol–water partition coefficient (Wildman–Crippen LogP) is 2.75. The van der Waals surface area contributed by atoms with E-state index in [2.05, 4.69) is 0 Å². The van der Waals surface area contributed by atoms with Crippen molar-refractivity contribution in [2.45, 2.75) is 51.0 Å². The van der Waals surface area contributed by atoms with Gasteiger partial charge in [0, 0.05) is 6.61 Å². The Bertz CT molecular complexity index is 108. The van der Waals surface area contributed by atoms with Crippen molar-refractivity contribution in [1.82, 2.24) is 0 Å². The summed E-state index contributed by atoms with van der Waals surface area (Å²) in [4.78, 5) is 0. The molecule has 11 heavy (non-hydrogen) atoms. The van der Waals surface area contributed by atoms with Crippen LogP contribution >= 0.6 is 0 Å². The normalized spacial score (nSPS) is 39.3. The van der Waals surface area contributed by atoms with Gasteiger partial charge in [0.05, 0.1) is 6.10 Å². The second-order valence-corrected chi connectivity index (χ2v) is 3.95. The maximum atomic E-state index is 5.69. The van der Waals surface area contributed by atoms with E-state index < -0.39 is 0 Å². The molecule has 1 heteroatoms. The van der Waals surface area contributed by atoms with Crippen LogP contribution in [0.4, 0.5) is 0 Å². The number of hydrogen-bond donors (Lipinski definition) is 0. The number of rotatable bonds is 0. The van der Waals surface area contributed by atoms with Crippen LogP contribution in [0.5, 0.6) is 0 Å². The summed E-state index contributed by atoms with van der Waals surface area (Å²) < 4.78 is 5.69. The van der Waals surface area contributed by atoms with Crippen molar-refractivity contribution >= 4 is 0 Å². The number of fused-ring (bicyclic) bond motifs is 1. The summed E-state index contributed by atoms with van der Waals surface area (Å²) in [6.45, 7) is 1.04. The van der Waals surface area contributed by atoms with Crippen LogP contribution in [-0.4, -0.2) is 12.7 Å². The topological polar surface area (TPSA) is 9.23 Å². The van der Waals surface area contributed by atoms with Gasteiger partial charge in [0.2, 0.25) is 0 Å². The first-order valence-corrected chi connectivity index (χ1v) is 5.08. The van der Waals surface area contributed by atoms with Gasteiger partial charge < -0.3 is 4.74 Å². The lowest BCUT2D eigenvalue weighted by Crippen LogP contribution is -2.17. The molecular weight excluding hydrogens is 136 g/mol. The highest BCUT2D eigenvalue weighted by molar-refractivity contribution is 4.77. The van der Waals surface area contributed by atoms with Crippen molar-refractivity contribution < 1.29 is 4.74 Å². The molecule has 1 saturated heterocycles. The highest BCUT2D eigenvalue weighted by atomic mass is 16.5. The molecular formula is C10H18O. The van der Waals surface area contributed by atoms with E-state index in [4.69, 9.17) is 4.74 Å². The van der Waals surface area contributed by atoms with Crippen LogP contribution in [0.15, 0.2) is 0 Å². The molecule has 1 nitrogen and oxygen atoms in total. The molecule has 0 aromatic rings. The van der Waals surface area contributed by atoms with Crippen LogP contribution in [0, 0.1) is 5.92 Å². The lowest BCUT2D eigenvalue weighted by Gasteiger charge is -2.20. The second-order valence-electron chi connectivity index (χ2n) is 3.95. The summed E-state index contributed by atoms with van der Waals surface area (Å²) in [6, 6.07) is 0. The SMILES string of the molecule is C1CCCC2OCCC2CC1. The zero-order valence-electron chi connectivity index (χ0n) is 7.22. The summed E-state index contributed by atoms with van der Waals surface area (Å²) in [5.74, 6) is 0.926. The van der Waals surface area contributed by atoms with Crippen molar-refractivity contribution in [2.24, 2.45) is 5.92 Å². The lowest BCUT2D eigenvalue weighted by atomic mass is 9.88. The Hall–Kier alpha value is -0.0400. The van der Waals surface area contributed by atoms with Crippen LogP contribution in [0.1, 0.15) is 44.9 Å². The molecule has 0 aromatic carbocycles.